The number of fused-ring (bicyclic) bond motifs is 3. The number of nitrogens with zero attached hydrogens (tertiary/aromatic N) is 2. The van der Waals surface area contributed by atoms with Gasteiger partial charge in [-0.15, -0.1) is 0 Å². The molecule has 140 valence electrons. The molecule has 0 bridgehead atoms. The van der Waals surface area contributed by atoms with Crippen molar-refractivity contribution in [2.75, 3.05) is 0 Å². The van der Waals surface area contributed by atoms with Gasteiger partial charge in [-0.25, -0.2) is 4.98 Å². The van der Waals surface area contributed by atoms with Crippen LogP contribution in [0.4, 0.5) is 0 Å². The van der Waals surface area contributed by atoms with Crippen LogP contribution in [0.25, 0.3) is 11.3 Å². The Balaban J connectivity index is 1.64. The predicted molar refractivity (Wildman–Crippen MR) is 113 cm³/mol. The third-order valence-corrected chi connectivity index (χ3v) is 10.6. The van der Waals surface area contributed by atoms with E-state index in [-0.39, 0.29) is 11.1 Å². The molecule has 1 aliphatic heterocycles. The first-order valence-corrected chi connectivity index (χ1v) is 12.5. The summed E-state index contributed by atoms with van der Waals surface area (Å²) in [5.74, 6) is 0. The van der Waals surface area contributed by atoms with E-state index in [0.717, 1.165) is 0 Å². The van der Waals surface area contributed by atoms with Gasteiger partial charge in [0.05, 0.1) is 30.9 Å². The Labute approximate surface area is 163 Å². The summed E-state index contributed by atoms with van der Waals surface area (Å²) in [5, 5.41) is 0.223. The first kappa shape index (κ1) is 18.2. The molecule has 1 aromatic heterocycles. The molecule has 4 rings (SSSR count). The second kappa shape index (κ2) is 6.46. The average Bonchev–Trinajstić information content (AvgIpc) is 3.20. The highest BCUT2D eigenvalue weighted by Crippen LogP contribution is 2.42. The lowest BCUT2D eigenvalue weighted by molar-refractivity contribution is 0.276. The number of aromatic nitrogens is 2. The van der Waals surface area contributed by atoms with Crippen LogP contribution in [0.1, 0.15) is 43.5 Å². The fourth-order valence-electron chi connectivity index (χ4n) is 3.51. The molecule has 0 aliphatic carbocycles. The van der Waals surface area contributed by atoms with Crippen molar-refractivity contribution in [2.45, 2.75) is 51.6 Å². The molecule has 1 aliphatic rings. The van der Waals surface area contributed by atoms with Gasteiger partial charge in [0, 0.05) is 5.56 Å². The van der Waals surface area contributed by atoms with E-state index in [1.807, 2.05) is 12.5 Å². The molecule has 0 fully saturated rings. The minimum atomic E-state index is -1.76. The normalized spacial score (nSPS) is 16.3. The summed E-state index contributed by atoms with van der Waals surface area (Å²) >= 11 is 0. The molecule has 2 aromatic carbocycles. The average molecular weight is 377 g/mol. The third-order valence-electron chi connectivity index (χ3n) is 6.15. The van der Waals surface area contributed by atoms with Crippen LogP contribution in [0.15, 0.2) is 61.1 Å². The lowest BCUT2D eigenvalue weighted by Gasteiger charge is -2.36. The van der Waals surface area contributed by atoms with Gasteiger partial charge in [-0.1, -0.05) is 69.3 Å². The van der Waals surface area contributed by atoms with Gasteiger partial charge in [0.1, 0.15) is 0 Å². The fourth-order valence-corrected chi connectivity index (χ4v) is 4.47. The topological polar surface area (TPSA) is 27.1 Å². The summed E-state index contributed by atoms with van der Waals surface area (Å²) < 4.78 is 8.72. The summed E-state index contributed by atoms with van der Waals surface area (Å²) in [7, 11) is -1.76. The van der Waals surface area contributed by atoms with Crippen LogP contribution in [0.5, 0.6) is 0 Å². The molecule has 0 radical (unpaired) electrons. The Morgan fingerprint density at radius 1 is 1.07 bits per heavy atom. The van der Waals surface area contributed by atoms with Gasteiger partial charge in [0.25, 0.3) is 0 Å². The molecule has 0 N–H and O–H groups in total. The van der Waals surface area contributed by atoms with Crippen LogP contribution in [-0.4, -0.2) is 17.9 Å². The van der Waals surface area contributed by atoms with Crippen molar-refractivity contribution in [1.82, 2.24) is 9.55 Å². The van der Waals surface area contributed by atoms with E-state index in [9.17, 15) is 0 Å². The highest BCUT2D eigenvalue weighted by atomic mass is 28.4. The van der Waals surface area contributed by atoms with E-state index in [0.29, 0.717) is 6.61 Å². The Morgan fingerprint density at radius 2 is 1.85 bits per heavy atom. The number of hydrogen-bond acceptors (Lipinski definition) is 2. The molecule has 3 nitrogen and oxygen atoms in total. The van der Waals surface area contributed by atoms with Crippen molar-refractivity contribution in [2.24, 2.45) is 0 Å². The van der Waals surface area contributed by atoms with Gasteiger partial charge < -0.3 is 8.99 Å². The lowest BCUT2D eigenvalue weighted by atomic mass is 9.96. The number of rotatable bonds is 4. The molecule has 0 saturated carbocycles. The monoisotopic (exact) mass is 376 g/mol. The molecule has 27 heavy (non-hydrogen) atoms. The second-order valence-electron chi connectivity index (χ2n) is 8.97. The van der Waals surface area contributed by atoms with E-state index in [1.54, 1.807) is 0 Å². The molecular formula is C23H28N2OSi. The second-order valence-corrected chi connectivity index (χ2v) is 13.8. The van der Waals surface area contributed by atoms with Crippen LogP contribution < -0.4 is 0 Å². The van der Waals surface area contributed by atoms with Crippen LogP contribution in [0.2, 0.25) is 18.1 Å². The Bertz CT molecular complexity index is 968. The SMILES string of the molecule is CC(C)(C)[Si](C)(C)OCc1cccc(C2c3ccccc3-c3cncn32)c1. The number of hydrogen-bond donors (Lipinski definition) is 0. The zero-order valence-electron chi connectivity index (χ0n) is 16.9. The van der Waals surface area contributed by atoms with Crippen molar-refractivity contribution in [3.8, 4) is 11.3 Å². The summed E-state index contributed by atoms with van der Waals surface area (Å²) in [5.41, 5.74) is 6.35. The van der Waals surface area contributed by atoms with Crippen molar-refractivity contribution in [3.05, 3.63) is 77.7 Å². The Hall–Kier alpha value is -2.17. The van der Waals surface area contributed by atoms with Gasteiger partial charge in [-0.05, 0) is 34.8 Å². The number of benzene rings is 2. The first-order valence-electron chi connectivity index (χ1n) is 9.62. The predicted octanol–water partition coefficient (Wildman–Crippen LogP) is 6.02. The van der Waals surface area contributed by atoms with E-state index >= 15 is 0 Å². The molecule has 3 aromatic rings. The van der Waals surface area contributed by atoms with Gasteiger partial charge in [-0.3, -0.25) is 0 Å². The van der Waals surface area contributed by atoms with Gasteiger partial charge >= 0.3 is 0 Å². The minimum absolute atomic E-state index is 0.187. The summed E-state index contributed by atoms with van der Waals surface area (Å²) in [6.07, 6.45) is 3.90. The van der Waals surface area contributed by atoms with E-state index in [4.69, 9.17) is 4.43 Å². The molecular weight excluding hydrogens is 348 g/mol. The molecule has 0 saturated heterocycles. The standard InChI is InChI=1S/C23H28N2OSi/c1-23(2,3)27(4,5)26-15-17-9-8-10-18(13-17)22-20-12-7-6-11-19(20)21-14-24-16-25(21)22/h6-14,16,22H,15H2,1-5H3. The first-order chi connectivity index (χ1) is 12.8. The Kier molecular flexibility index (Phi) is 4.36. The molecule has 4 heteroatoms. The molecule has 1 unspecified atom stereocenters. The minimum Gasteiger partial charge on any atom is -0.413 e. The lowest BCUT2D eigenvalue weighted by Crippen LogP contribution is -2.40. The van der Waals surface area contributed by atoms with Crippen molar-refractivity contribution in [1.29, 1.82) is 0 Å². The summed E-state index contributed by atoms with van der Waals surface area (Å²) in [4.78, 5) is 4.38. The molecule has 1 atom stereocenters. The maximum absolute atomic E-state index is 6.44. The maximum atomic E-state index is 6.44. The largest absolute Gasteiger partial charge is 0.413 e. The quantitative estimate of drug-likeness (QED) is 0.407. The van der Waals surface area contributed by atoms with E-state index in [2.05, 4.69) is 91.9 Å². The molecule has 2 heterocycles. The van der Waals surface area contributed by atoms with E-state index in [1.165, 1.54) is 27.9 Å². The van der Waals surface area contributed by atoms with Crippen LogP contribution in [0.3, 0.4) is 0 Å². The zero-order valence-corrected chi connectivity index (χ0v) is 17.9. The van der Waals surface area contributed by atoms with Gasteiger partial charge in [-0.2, -0.15) is 0 Å². The van der Waals surface area contributed by atoms with Crippen LogP contribution >= 0.6 is 0 Å². The third kappa shape index (κ3) is 3.17. The zero-order chi connectivity index (χ0) is 19.2. The Morgan fingerprint density at radius 3 is 2.63 bits per heavy atom. The summed E-state index contributed by atoms with van der Waals surface area (Å²) in [6, 6.07) is 17.7. The molecule has 0 amide bonds. The summed E-state index contributed by atoms with van der Waals surface area (Å²) in [6.45, 7) is 12.1. The van der Waals surface area contributed by atoms with Crippen LogP contribution in [-0.2, 0) is 11.0 Å². The highest BCUT2D eigenvalue weighted by Gasteiger charge is 2.37. The fraction of sp³-hybridized carbons (Fsp3) is 0.348. The van der Waals surface area contributed by atoms with Crippen LogP contribution in [0, 0.1) is 0 Å². The van der Waals surface area contributed by atoms with Crippen molar-refractivity contribution in [3.63, 3.8) is 0 Å². The van der Waals surface area contributed by atoms with Gasteiger partial charge in [0.2, 0.25) is 0 Å². The van der Waals surface area contributed by atoms with Crippen molar-refractivity contribution < 1.29 is 4.43 Å². The maximum Gasteiger partial charge on any atom is 0.192 e. The molecule has 0 spiro atoms. The highest BCUT2D eigenvalue weighted by molar-refractivity contribution is 6.74. The van der Waals surface area contributed by atoms with Gasteiger partial charge in [0.15, 0.2) is 8.32 Å². The van der Waals surface area contributed by atoms with E-state index < -0.39 is 8.32 Å². The smallest absolute Gasteiger partial charge is 0.192 e. The number of imidazole rings is 1. The van der Waals surface area contributed by atoms with Crippen molar-refractivity contribution >= 4 is 8.32 Å².